The van der Waals surface area contributed by atoms with Gasteiger partial charge in [0, 0.05) is 10.7 Å². The second kappa shape index (κ2) is 4.17. The summed E-state index contributed by atoms with van der Waals surface area (Å²) in [6.07, 6.45) is -4.14. The van der Waals surface area contributed by atoms with Crippen molar-refractivity contribution in [2.24, 2.45) is 0 Å². The molecule has 0 radical (unpaired) electrons. The summed E-state index contributed by atoms with van der Waals surface area (Å²) in [5.41, 5.74) is -0.252. The van der Waals surface area contributed by atoms with E-state index in [2.05, 4.69) is 9.97 Å². The predicted octanol–water partition coefficient (Wildman–Crippen LogP) is 1.99. The zero-order valence-corrected chi connectivity index (χ0v) is 9.49. The Labute approximate surface area is 93.9 Å². The monoisotopic (exact) mass is 274 g/mol. The number of alkyl halides is 3. The van der Waals surface area contributed by atoms with Crippen LogP contribution in [0.15, 0.2) is 11.1 Å². The summed E-state index contributed by atoms with van der Waals surface area (Å²) in [5.74, 6) is -1.38. The Balaban J connectivity index is 3.40. The first kappa shape index (κ1) is 13.2. The Morgan fingerprint density at radius 3 is 2.38 bits per heavy atom. The molecule has 0 aromatic carbocycles. The van der Waals surface area contributed by atoms with E-state index < -0.39 is 25.9 Å². The van der Waals surface area contributed by atoms with E-state index in [0.717, 1.165) is 0 Å². The number of hydrogen-bond donors (Lipinski definition) is 0. The van der Waals surface area contributed by atoms with Gasteiger partial charge in [-0.2, -0.15) is 13.2 Å². The molecule has 0 atom stereocenters. The molecule has 0 saturated carbocycles. The summed E-state index contributed by atoms with van der Waals surface area (Å²) in [6.45, 7) is 1.47. The van der Waals surface area contributed by atoms with Crippen molar-refractivity contribution in [2.45, 2.75) is 24.4 Å². The van der Waals surface area contributed by atoms with Crippen LogP contribution < -0.4 is 0 Å². The van der Waals surface area contributed by atoms with Gasteiger partial charge in [0.15, 0.2) is 0 Å². The Morgan fingerprint density at radius 1 is 1.44 bits per heavy atom. The van der Waals surface area contributed by atoms with Crippen molar-refractivity contribution in [3.05, 3.63) is 17.7 Å². The van der Waals surface area contributed by atoms with E-state index in [-0.39, 0.29) is 12.1 Å². The third-order valence-corrected chi connectivity index (χ3v) is 3.05. The van der Waals surface area contributed by atoms with Crippen LogP contribution in [0.4, 0.5) is 13.2 Å². The van der Waals surface area contributed by atoms with Gasteiger partial charge < -0.3 is 0 Å². The maximum atomic E-state index is 12.2. The number of hydrogen-bond acceptors (Lipinski definition) is 4. The number of aryl methyl sites for hydroxylation is 1. The summed E-state index contributed by atoms with van der Waals surface area (Å²) in [7, 11) is 0.892. The Kier molecular flexibility index (Phi) is 3.44. The molecule has 0 N–H and O–H groups in total. The Hall–Kier alpha value is -0.890. The molecule has 4 nitrogen and oxygen atoms in total. The molecule has 0 aliphatic rings. The summed E-state index contributed by atoms with van der Waals surface area (Å²) >= 11 is 0. The standard InChI is InChI=1S/C7H6ClF3N2O2S/c1-2-4-5(16(8,14)15)3-12-6(13-4)7(9,10)11/h3H,2H2,1H3. The predicted molar refractivity (Wildman–Crippen MR) is 49.5 cm³/mol. The van der Waals surface area contributed by atoms with Crippen LogP contribution in [-0.2, 0) is 21.6 Å². The lowest BCUT2D eigenvalue weighted by Gasteiger charge is -2.08. The molecule has 1 rings (SSSR count). The second-order valence-electron chi connectivity index (χ2n) is 2.79. The van der Waals surface area contributed by atoms with Crippen molar-refractivity contribution in [3.8, 4) is 0 Å². The average molecular weight is 275 g/mol. The number of nitrogens with zero attached hydrogens (tertiary/aromatic N) is 2. The van der Waals surface area contributed by atoms with Gasteiger partial charge in [-0.3, -0.25) is 0 Å². The van der Waals surface area contributed by atoms with Crippen molar-refractivity contribution in [1.82, 2.24) is 9.97 Å². The lowest BCUT2D eigenvalue weighted by Crippen LogP contribution is -2.14. The number of halogens is 4. The van der Waals surface area contributed by atoms with E-state index in [1.807, 2.05) is 0 Å². The third-order valence-electron chi connectivity index (χ3n) is 1.68. The van der Waals surface area contributed by atoms with Crippen molar-refractivity contribution >= 4 is 19.7 Å². The van der Waals surface area contributed by atoms with Gasteiger partial charge in [0.2, 0.25) is 5.82 Å². The maximum Gasteiger partial charge on any atom is 0.451 e. The minimum absolute atomic E-state index is 0.00683. The lowest BCUT2D eigenvalue weighted by molar-refractivity contribution is -0.145. The molecule has 0 aliphatic carbocycles. The molecule has 1 aromatic rings. The highest BCUT2D eigenvalue weighted by Gasteiger charge is 2.35. The fourth-order valence-electron chi connectivity index (χ4n) is 1.000. The van der Waals surface area contributed by atoms with E-state index in [0.29, 0.717) is 6.20 Å². The van der Waals surface area contributed by atoms with Gasteiger partial charge in [0.05, 0.1) is 11.9 Å². The molecule has 0 bridgehead atoms. The van der Waals surface area contributed by atoms with Crippen LogP contribution in [0.3, 0.4) is 0 Å². The van der Waals surface area contributed by atoms with E-state index in [9.17, 15) is 21.6 Å². The third kappa shape index (κ3) is 2.82. The molecule has 0 unspecified atom stereocenters. The van der Waals surface area contributed by atoms with Gasteiger partial charge in [-0.1, -0.05) is 6.92 Å². The van der Waals surface area contributed by atoms with Crippen molar-refractivity contribution in [3.63, 3.8) is 0 Å². The van der Waals surface area contributed by atoms with Crippen LogP contribution in [0.1, 0.15) is 18.4 Å². The second-order valence-corrected chi connectivity index (χ2v) is 5.33. The molecule has 90 valence electrons. The van der Waals surface area contributed by atoms with E-state index in [4.69, 9.17) is 10.7 Å². The summed E-state index contributed by atoms with van der Waals surface area (Å²) in [4.78, 5) is 5.56. The molecule has 0 fully saturated rings. The van der Waals surface area contributed by atoms with E-state index >= 15 is 0 Å². The average Bonchev–Trinajstić information content (AvgIpc) is 2.14. The first-order valence-corrected chi connectivity index (χ1v) is 6.35. The molecule has 1 aromatic heterocycles. The molecule has 1 heterocycles. The first-order chi connectivity index (χ1) is 7.16. The molecule has 0 aliphatic heterocycles. The largest absolute Gasteiger partial charge is 0.451 e. The van der Waals surface area contributed by atoms with Gasteiger partial charge in [-0.15, -0.1) is 0 Å². The molecule has 9 heteroatoms. The summed E-state index contributed by atoms with van der Waals surface area (Å²) < 4.78 is 58.6. The van der Waals surface area contributed by atoms with Gasteiger partial charge in [0.25, 0.3) is 9.05 Å². The molecule has 0 spiro atoms. The van der Waals surface area contributed by atoms with Crippen LogP contribution in [0.2, 0.25) is 0 Å². The van der Waals surface area contributed by atoms with Crippen LogP contribution in [-0.4, -0.2) is 18.4 Å². The van der Waals surface area contributed by atoms with Crippen LogP contribution >= 0.6 is 10.7 Å². The topological polar surface area (TPSA) is 59.9 Å². The zero-order chi connectivity index (χ0) is 12.6. The Bertz CT molecular complexity index is 501. The molecule has 16 heavy (non-hydrogen) atoms. The van der Waals surface area contributed by atoms with Crippen molar-refractivity contribution in [2.75, 3.05) is 0 Å². The minimum atomic E-state index is -4.71. The van der Waals surface area contributed by atoms with Crippen molar-refractivity contribution < 1.29 is 21.6 Å². The summed E-state index contributed by atoms with van der Waals surface area (Å²) in [5, 5.41) is 0. The number of rotatable bonds is 2. The number of aromatic nitrogens is 2. The van der Waals surface area contributed by atoms with Crippen LogP contribution in [0.5, 0.6) is 0 Å². The SMILES string of the molecule is CCc1nc(C(F)(F)F)ncc1S(=O)(=O)Cl. The van der Waals surface area contributed by atoms with Gasteiger partial charge >= 0.3 is 6.18 Å². The van der Waals surface area contributed by atoms with Gasteiger partial charge in [0.1, 0.15) is 4.90 Å². The van der Waals surface area contributed by atoms with Crippen molar-refractivity contribution in [1.29, 1.82) is 0 Å². The lowest BCUT2D eigenvalue weighted by atomic mass is 10.3. The van der Waals surface area contributed by atoms with Gasteiger partial charge in [-0.25, -0.2) is 18.4 Å². The molecule has 0 amide bonds. The van der Waals surface area contributed by atoms with E-state index in [1.54, 1.807) is 0 Å². The molecule has 0 saturated heterocycles. The summed E-state index contributed by atoms with van der Waals surface area (Å²) in [6, 6.07) is 0. The highest BCUT2D eigenvalue weighted by Crippen LogP contribution is 2.28. The quantitative estimate of drug-likeness (QED) is 0.774. The van der Waals surface area contributed by atoms with Crippen LogP contribution in [0, 0.1) is 0 Å². The first-order valence-electron chi connectivity index (χ1n) is 4.04. The minimum Gasteiger partial charge on any atom is -0.232 e. The van der Waals surface area contributed by atoms with Crippen LogP contribution in [0.25, 0.3) is 0 Å². The highest BCUT2D eigenvalue weighted by molar-refractivity contribution is 8.13. The molecular weight excluding hydrogens is 269 g/mol. The smallest absolute Gasteiger partial charge is 0.232 e. The maximum absolute atomic E-state index is 12.2. The van der Waals surface area contributed by atoms with Gasteiger partial charge in [-0.05, 0) is 6.42 Å². The fraction of sp³-hybridized carbons (Fsp3) is 0.429. The van der Waals surface area contributed by atoms with E-state index in [1.165, 1.54) is 6.92 Å². The Morgan fingerprint density at radius 2 is 2.00 bits per heavy atom. The molecular formula is C7H6ClF3N2O2S. The normalized spacial score (nSPS) is 12.8. The fourth-order valence-corrected chi connectivity index (χ4v) is 2.04. The zero-order valence-electron chi connectivity index (χ0n) is 7.92. The highest BCUT2D eigenvalue weighted by atomic mass is 35.7.